The smallest absolute Gasteiger partial charge is 0.314 e. The first-order valence-corrected chi connectivity index (χ1v) is 9.35. The van der Waals surface area contributed by atoms with Gasteiger partial charge in [0.05, 0.1) is 6.26 Å². The molecule has 0 aliphatic rings. The van der Waals surface area contributed by atoms with Gasteiger partial charge in [0, 0.05) is 37.9 Å². The van der Waals surface area contributed by atoms with Gasteiger partial charge in [-0.15, -0.1) is 0 Å². The van der Waals surface area contributed by atoms with Gasteiger partial charge in [0.1, 0.15) is 0 Å². The summed E-state index contributed by atoms with van der Waals surface area (Å²) in [5.41, 5.74) is 1.18. The zero-order valence-corrected chi connectivity index (χ0v) is 13.9. The number of hydrogen-bond acceptors (Lipinski definition) is 3. The van der Waals surface area contributed by atoms with Crippen LogP contribution < -0.4 is 15.4 Å². The molecule has 0 saturated carbocycles. The van der Waals surface area contributed by atoms with Gasteiger partial charge in [0.15, 0.2) is 0 Å². The van der Waals surface area contributed by atoms with Crippen molar-refractivity contribution in [3.05, 3.63) is 36.5 Å². The molecule has 0 spiro atoms. The average Bonchev–Trinajstić information content (AvgIpc) is 2.91. The first-order valence-electron chi connectivity index (χ1n) is 7.46. The molecule has 2 amide bonds. The van der Waals surface area contributed by atoms with Crippen molar-refractivity contribution < 1.29 is 13.2 Å². The molecule has 23 heavy (non-hydrogen) atoms. The molecule has 0 aliphatic carbocycles. The highest BCUT2D eigenvalue weighted by Gasteiger charge is 2.03. The predicted molar refractivity (Wildman–Crippen MR) is 90.8 cm³/mol. The lowest BCUT2D eigenvalue weighted by Gasteiger charge is -2.09. The second-order valence-electron chi connectivity index (χ2n) is 5.27. The molecule has 0 aliphatic heterocycles. The van der Waals surface area contributed by atoms with Crippen molar-refractivity contribution in [2.45, 2.75) is 13.0 Å². The Morgan fingerprint density at radius 3 is 2.61 bits per heavy atom. The van der Waals surface area contributed by atoms with E-state index in [0.717, 1.165) is 19.2 Å². The van der Waals surface area contributed by atoms with E-state index in [2.05, 4.69) is 38.1 Å². The topological polar surface area (TPSA) is 92.2 Å². The van der Waals surface area contributed by atoms with Crippen LogP contribution >= 0.6 is 0 Å². The fraction of sp³-hybridized carbons (Fsp3) is 0.400. The second-order valence-corrected chi connectivity index (χ2v) is 7.10. The van der Waals surface area contributed by atoms with Gasteiger partial charge in [0.25, 0.3) is 0 Å². The third-order valence-electron chi connectivity index (χ3n) is 3.32. The van der Waals surface area contributed by atoms with Crippen LogP contribution in [0.4, 0.5) is 4.79 Å². The van der Waals surface area contributed by atoms with Gasteiger partial charge in [-0.25, -0.2) is 17.9 Å². The molecule has 0 unspecified atom stereocenters. The van der Waals surface area contributed by atoms with Gasteiger partial charge in [-0.3, -0.25) is 0 Å². The van der Waals surface area contributed by atoms with Crippen molar-refractivity contribution >= 4 is 27.0 Å². The van der Waals surface area contributed by atoms with E-state index >= 15 is 0 Å². The van der Waals surface area contributed by atoms with E-state index in [1.807, 2.05) is 18.3 Å². The number of aromatic nitrogens is 1. The van der Waals surface area contributed by atoms with Crippen LogP contribution in [0.15, 0.2) is 36.5 Å². The number of sulfonamides is 1. The predicted octanol–water partition coefficient (Wildman–Crippen LogP) is 0.880. The molecule has 0 atom stereocenters. The fourth-order valence-corrected chi connectivity index (χ4v) is 2.73. The molecular formula is C15H22N4O3S. The molecule has 0 fully saturated rings. The highest BCUT2D eigenvalue weighted by Crippen LogP contribution is 2.15. The monoisotopic (exact) mass is 338 g/mol. The first-order chi connectivity index (χ1) is 11.0. The van der Waals surface area contributed by atoms with E-state index in [4.69, 9.17) is 0 Å². The Morgan fingerprint density at radius 2 is 1.83 bits per heavy atom. The Bertz CT molecular complexity index is 755. The van der Waals surface area contributed by atoms with Gasteiger partial charge >= 0.3 is 6.03 Å². The van der Waals surface area contributed by atoms with Crippen LogP contribution in [0.3, 0.4) is 0 Å². The number of para-hydroxylation sites is 1. The molecule has 1 aromatic heterocycles. The minimum absolute atomic E-state index is 0.182. The summed E-state index contributed by atoms with van der Waals surface area (Å²) in [4.78, 5) is 11.5. The molecule has 0 radical (unpaired) electrons. The molecule has 8 heteroatoms. The van der Waals surface area contributed by atoms with Crippen molar-refractivity contribution in [2.75, 3.05) is 25.9 Å². The number of nitrogens with zero attached hydrogens (tertiary/aromatic N) is 1. The molecule has 0 bridgehead atoms. The molecule has 7 nitrogen and oxygen atoms in total. The normalized spacial score (nSPS) is 11.5. The molecule has 0 saturated heterocycles. The maximum Gasteiger partial charge on any atom is 0.314 e. The van der Waals surface area contributed by atoms with Crippen molar-refractivity contribution in [2.24, 2.45) is 0 Å². The highest BCUT2D eigenvalue weighted by atomic mass is 32.2. The summed E-state index contributed by atoms with van der Waals surface area (Å²) in [5.74, 6) is 0. The fourth-order valence-electron chi connectivity index (χ4n) is 2.26. The Morgan fingerprint density at radius 1 is 1.09 bits per heavy atom. The SMILES string of the molecule is CS(=O)(=O)NCCNC(=O)NCCCn1ccc2ccccc21. The number of amides is 2. The summed E-state index contributed by atoms with van der Waals surface area (Å²) in [6, 6.07) is 9.95. The van der Waals surface area contributed by atoms with E-state index in [1.54, 1.807) is 0 Å². The Kier molecular flexibility index (Phi) is 6.00. The van der Waals surface area contributed by atoms with E-state index in [0.29, 0.717) is 6.54 Å². The number of aryl methyl sites for hydroxylation is 1. The lowest BCUT2D eigenvalue weighted by atomic mass is 10.2. The van der Waals surface area contributed by atoms with Gasteiger partial charge in [0.2, 0.25) is 10.0 Å². The van der Waals surface area contributed by atoms with Crippen molar-refractivity contribution in [3.8, 4) is 0 Å². The van der Waals surface area contributed by atoms with Crippen LogP contribution in [0.25, 0.3) is 10.9 Å². The molecule has 3 N–H and O–H groups in total. The lowest BCUT2D eigenvalue weighted by Crippen LogP contribution is -2.40. The van der Waals surface area contributed by atoms with E-state index in [9.17, 15) is 13.2 Å². The van der Waals surface area contributed by atoms with Crippen molar-refractivity contribution in [1.82, 2.24) is 19.9 Å². The number of rotatable bonds is 8. The van der Waals surface area contributed by atoms with Crippen LogP contribution in [0.1, 0.15) is 6.42 Å². The summed E-state index contributed by atoms with van der Waals surface area (Å²) in [5, 5.41) is 6.55. The van der Waals surface area contributed by atoms with Crippen LogP contribution in [-0.4, -0.2) is 44.9 Å². The van der Waals surface area contributed by atoms with Gasteiger partial charge in [-0.2, -0.15) is 0 Å². The number of carbonyl (C=O) groups is 1. The summed E-state index contributed by atoms with van der Waals surface area (Å²) >= 11 is 0. The molecule has 126 valence electrons. The minimum atomic E-state index is -3.21. The Labute approximate surface area is 136 Å². The lowest BCUT2D eigenvalue weighted by molar-refractivity contribution is 0.240. The highest BCUT2D eigenvalue weighted by molar-refractivity contribution is 7.88. The quantitative estimate of drug-likeness (QED) is 0.624. The summed E-state index contributed by atoms with van der Waals surface area (Å²) < 4.78 is 26.2. The summed E-state index contributed by atoms with van der Waals surface area (Å²) in [7, 11) is -3.21. The Hall–Kier alpha value is -2.06. The van der Waals surface area contributed by atoms with Crippen LogP contribution in [-0.2, 0) is 16.6 Å². The maximum atomic E-state index is 11.5. The summed E-state index contributed by atoms with van der Waals surface area (Å²) in [6.07, 6.45) is 3.94. The van der Waals surface area contributed by atoms with E-state index in [-0.39, 0.29) is 19.1 Å². The number of carbonyl (C=O) groups excluding carboxylic acids is 1. The van der Waals surface area contributed by atoms with E-state index < -0.39 is 10.0 Å². The van der Waals surface area contributed by atoms with Crippen molar-refractivity contribution in [1.29, 1.82) is 0 Å². The molecule has 2 rings (SSSR count). The van der Waals surface area contributed by atoms with Crippen LogP contribution in [0.5, 0.6) is 0 Å². The third kappa shape index (κ3) is 5.91. The first kappa shape index (κ1) is 17.3. The molecule has 1 aromatic carbocycles. The zero-order valence-electron chi connectivity index (χ0n) is 13.1. The van der Waals surface area contributed by atoms with Gasteiger partial charge < -0.3 is 15.2 Å². The number of hydrogen-bond donors (Lipinski definition) is 3. The second kappa shape index (κ2) is 7.98. The standard InChI is InChI=1S/C15H22N4O3S/c1-23(21,22)18-10-9-17-15(20)16-8-4-11-19-12-7-13-5-2-3-6-14(13)19/h2-3,5-7,12,18H,4,8-11H2,1H3,(H2,16,17,20). The van der Waals surface area contributed by atoms with E-state index in [1.165, 1.54) is 10.9 Å². The Balaban J connectivity index is 1.62. The zero-order chi connectivity index (χ0) is 16.7. The van der Waals surface area contributed by atoms with Crippen LogP contribution in [0, 0.1) is 0 Å². The number of nitrogens with one attached hydrogen (secondary N) is 3. The van der Waals surface area contributed by atoms with Crippen molar-refractivity contribution in [3.63, 3.8) is 0 Å². The molecular weight excluding hydrogens is 316 g/mol. The number of benzene rings is 1. The van der Waals surface area contributed by atoms with Gasteiger partial charge in [-0.1, -0.05) is 18.2 Å². The minimum Gasteiger partial charge on any atom is -0.347 e. The summed E-state index contributed by atoms with van der Waals surface area (Å²) in [6.45, 7) is 1.81. The van der Waals surface area contributed by atoms with Gasteiger partial charge in [-0.05, 0) is 23.9 Å². The van der Waals surface area contributed by atoms with Crippen LogP contribution in [0.2, 0.25) is 0 Å². The third-order valence-corrected chi connectivity index (χ3v) is 4.04. The number of fused-ring (bicyclic) bond motifs is 1. The average molecular weight is 338 g/mol. The maximum absolute atomic E-state index is 11.5. The molecule has 1 heterocycles. The largest absolute Gasteiger partial charge is 0.347 e. The molecule has 2 aromatic rings. The number of urea groups is 1.